The molecule has 0 aliphatic heterocycles. The second kappa shape index (κ2) is 4.23. The maximum Gasteiger partial charge on any atom is 0.248 e. The highest BCUT2D eigenvalue weighted by molar-refractivity contribution is 5.28. The summed E-state index contributed by atoms with van der Waals surface area (Å²) in [5.41, 5.74) is 2.34. The Morgan fingerprint density at radius 1 is 1.40 bits per heavy atom. The lowest BCUT2D eigenvalue weighted by Gasteiger charge is -2.12. The van der Waals surface area contributed by atoms with Crippen molar-refractivity contribution >= 4 is 0 Å². The van der Waals surface area contributed by atoms with Crippen molar-refractivity contribution in [2.45, 2.75) is 13.0 Å². The first-order chi connectivity index (χ1) is 7.31. The second-order valence-corrected chi connectivity index (χ2v) is 3.42. The lowest BCUT2D eigenvalue weighted by atomic mass is 10.0. The van der Waals surface area contributed by atoms with E-state index in [1.165, 1.54) is 11.9 Å². The van der Waals surface area contributed by atoms with E-state index in [2.05, 4.69) is 34.5 Å². The summed E-state index contributed by atoms with van der Waals surface area (Å²) >= 11 is 0. The summed E-state index contributed by atoms with van der Waals surface area (Å²) in [7, 11) is 1.87. The fourth-order valence-electron chi connectivity index (χ4n) is 1.59. The normalized spacial score (nSPS) is 12.7. The van der Waals surface area contributed by atoms with Gasteiger partial charge in [-0.15, -0.1) is 0 Å². The molecular weight excluding hydrogens is 190 g/mol. The van der Waals surface area contributed by atoms with Crippen molar-refractivity contribution in [1.29, 1.82) is 0 Å². The average molecular weight is 203 g/mol. The lowest BCUT2D eigenvalue weighted by Crippen LogP contribution is -2.17. The highest BCUT2D eigenvalue weighted by Crippen LogP contribution is 2.19. The molecule has 78 valence electrons. The van der Waals surface area contributed by atoms with E-state index in [0.717, 1.165) is 5.56 Å². The van der Waals surface area contributed by atoms with Gasteiger partial charge in [-0.25, -0.2) is 0 Å². The van der Waals surface area contributed by atoms with Crippen LogP contribution in [0.25, 0.3) is 0 Å². The van der Waals surface area contributed by atoms with Gasteiger partial charge >= 0.3 is 0 Å². The molecule has 1 aromatic carbocycles. The van der Waals surface area contributed by atoms with Crippen LogP contribution >= 0.6 is 0 Å². The summed E-state index contributed by atoms with van der Waals surface area (Å²) in [6.07, 6.45) is 1.41. The van der Waals surface area contributed by atoms with Crippen LogP contribution in [0.2, 0.25) is 0 Å². The van der Waals surface area contributed by atoms with E-state index in [9.17, 15) is 0 Å². The fourth-order valence-corrected chi connectivity index (χ4v) is 1.59. The Morgan fingerprint density at radius 2 is 2.27 bits per heavy atom. The smallest absolute Gasteiger partial charge is 0.248 e. The SMILES string of the molecule is CNC(c1cccc(C)c1)c1ncno1. The summed E-state index contributed by atoms with van der Waals surface area (Å²) in [6.45, 7) is 2.06. The Hall–Kier alpha value is -1.68. The highest BCUT2D eigenvalue weighted by atomic mass is 16.5. The summed E-state index contributed by atoms with van der Waals surface area (Å²) in [5.74, 6) is 0.586. The van der Waals surface area contributed by atoms with E-state index in [-0.39, 0.29) is 6.04 Å². The summed E-state index contributed by atoms with van der Waals surface area (Å²) < 4.78 is 5.06. The van der Waals surface area contributed by atoms with E-state index in [4.69, 9.17) is 4.52 Å². The summed E-state index contributed by atoms with van der Waals surface area (Å²) in [5, 5.41) is 6.76. The zero-order valence-electron chi connectivity index (χ0n) is 8.77. The van der Waals surface area contributed by atoms with Crippen LogP contribution in [0.15, 0.2) is 35.1 Å². The van der Waals surface area contributed by atoms with Crippen LogP contribution in [0.3, 0.4) is 0 Å². The molecular formula is C11H13N3O. The molecule has 2 rings (SSSR count). The second-order valence-electron chi connectivity index (χ2n) is 3.42. The Balaban J connectivity index is 2.35. The van der Waals surface area contributed by atoms with E-state index in [1.54, 1.807) is 0 Å². The van der Waals surface area contributed by atoms with E-state index >= 15 is 0 Å². The molecule has 1 unspecified atom stereocenters. The molecule has 0 amide bonds. The van der Waals surface area contributed by atoms with E-state index in [1.807, 2.05) is 19.2 Å². The first-order valence-corrected chi connectivity index (χ1v) is 4.81. The average Bonchev–Trinajstić information content (AvgIpc) is 2.72. The molecule has 4 heteroatoms. The maximum atomic E-state index is 5.06. The van der Waals surface area contributed by atoms with Gasteiger partial charge in [-0.1, -0.05) is 35.0 Å². The van der Waals surface area contributed by atoms with Crippen molar-refractivity contribution in [3.63, 3.8) is 0 Å². The highest BCUT2D eigenvalue weighted by Gasteiger charge is 2.16. The van der Waals surface area contributed by atoms with Crippen LogP contribution in [0.5, 0.6) is 0 Å². The number of nitrogens with one attached hydrogen (secondary N) is 1. The van der Waals surface area contributed by atoms with Crippen LogP contribution in [0.4, 0.5) is 0 Å². The molecule has 0 radical (unpaired) electrons. The molecule has 15 heavy (non-hydrogen) atoms. The maximum absolute atomic E-state index is 5.06. The van der Waals surface area contributed by atoms with Gasteiger partial charge in [0.05, 0.1) is 0 Å². The molecule has 2 aromatic rings. The van der Waals surface area contributed by atoms with Gasteiger partial charge in [0, 0.05) is 0 Å². The summed E-state index contributed by atoms with van der Waals surface area (Å²) in [4.78, 5) is 4.05. The Kier molecular flexibility index (Phi) is 2.78. The molecule has 1 atom stereocenters. The van der Waals surface area contributed by atoms with Crippen molar-refractivity contribution < 1.29 is 4.52 Å². The van der Waals surface area contributed by atoms with Crippen LogP contribution < -0.4 is 5.32 Å². The van der Waals surface area contributed by atoms with Crippen LogP contribution in [-0.2, 0) is 0 Å². The molecule has 4 nitrogen and oxygen atoms in total. The van der Waals surface area contributed by atoms with E-state index in [0.29, 0.717) is 5.89 Å². The third-order valence-electron chi connectivity index (χ3n) is 2.29. The topological polar surface area (TPSA) is 51.0 Å². The Bertz CT molecular complexity index is 425. The van der Waals surface area contributed by atoms with Gasteiger partial charge in [-0.05, 0) is 19.5 Å². The third kappa shape index (κ3) is 2.05. The minimum absolute atomic E-state index is 0.0348. The zero-order valence-corrected chi connectivity index (χ0v) is 8.77. The number of nitrogens with zero attached hydrogens (tertiary/aromatic N) is 2. The van der Waals surface area contributed by atoms with Crippen molar-refractivity contribution in [2.75, 3.05) is 7.05 Å². The van der Waals surface area contributed by atoms with Gasteiger partial charge in [0.2, 0.25) is 5.89 Å². The zero-order chi connectivity index (χ0) is 10.7. The molecule has 1 heterocycles. The molecule has 0 bridgehead atoms. The number of hydrogen-bond acceptors (Lipinski definition) is 4. The Labute approximate surface area is 88.3 Å². The van der Waals surface area contributed by atoms with Crippen molar-refractivity contribution in [3.8, 4) is 0 Å². The van der Waals surface area contributed by atoms with Crippen LogP contribution in [0, 0.1) is 6.92 Å². The molecule has 0 saturated heterocycles. The number of rotatable bonds is 3. The van der Waals surface area contributed by atoms with Gasteiger partial charge in [-0.2, -0.15) is 4.98 Å². The van der Waals surface area contributed by atoms with Gasteiger partial charge in [-0.3, -0.25) is 0 Å². The fraction of sp³-hybridized carbons (Fsp3) is 0.273. The van der Waals surface area contributed by atoms with Gasteiger partial charge < -0.3 is 9.84 Å². The molecule has 1 N–H and O–H groups in total. The molecule has 1 aromatic heterocycles. The van der Waals surface area contributed by atoms with Gasteiger partial charge in [0.25, 0.3) is 0 Å². The molecule has 0 aliphatic rings. The minimum atomic E-state index is -0.0348. The summed E-state index contributed by atoms with van der Waals surface area (Å²) in [6, 6.07) is 8.19. The minimum Gasteiger partial charge on any atom is -0.338 e. The quantitative estimate of drug-likeness (QED) is 0.824. The lowest BCUT2D eigenvalue weighted by molar-refractivity contribution is 0.354. The first-order valence-electron chi connectivity index (χ1n) is 4.81. The number of aryl methyl sites for hydroxylation is 1. The number of aromatic nitrogens is 2. The monoisotopic (exact) mass is 203 g/mol. The molecule has 0 fully saturated rings. The number of benzene rings is 1. The van der Waals surface area contributed by atoms with Crippen molar-refractivity contribution in [2.24, 2.45) is 0 Å². The molecule has 0 saturated carbocycles. The molecule has 0 aliphatic carbocycles. The van der Waals surface area contributed by atoms with Crippen molar-refractivity contribution in [1.82, 2.24) is 15.5 Å². The largest absolute Gasteiger partial charge is 0.338 e. The van der Waals surface area contributed by atoms with Crippen LogP contribution in [-0.4, -0.2) is 17.2 Å². The van der Waals surface area contributed by atoms with Crippen LogP contribution in [0.1, 0.15) is 23.1 Å². The van der Waals surface area contributed by atoms with Gasteiger partial charge in [0.1, 0.15) is 6.04 Å². The third-order valence-corrected chi connectivity index (χ3v) is 2.29. The Morgan fingerprint density at radius 3 is 2.87 bits per heavy atom. The predicted molar refractivity (Wildman–Crippen MR) is 56.4 cm³/mol. The molecule has 0 spiro atoms. The van der Waals surface area contributed by atoms with Gasteiger partial charge in [0.15, 0.2) is 6.33 Å². The number of hydrogen-bond donors (Lipinski definition) is 1. The van der Waals surface area contributed by atoms with E-state index < -0.39 is 0 Å². The first kappa shape index (κ1) is 9.86. The predicted octanol–water partition coefficient (Wildman–Crippen LogP) is 1.69. The standard InChI is InChI=1S/C11H13N3O/c1-8-4-3-5-9(6-8)10(12-2)11-13-7-14-15-11/h3-7,10,12H,1-2H3. The van der Waals surface area contributed by atoms with Crippen molar-refractivity contribution in [3.05, 3.63) is 47.6 Å².